The first-order valence-corrected chi connectivity index (χ1v) is 13.5. The maximum absolute atomic E-state index is 12.8. The zero-order valence-corrected chi connectivity index (χ0v) is 22.2. The van der Waals surface area contributed by atoms with Crippen LogP contribution in [0, 0.1) is 0 Å². The smallest absolute Gasteiger partial charge is 0.343 e. The molecule has 1 N–H and O–H groups in total. The molecule has 0 saturated heterocycles. The van der Waals surface area contributed by atoms with Gasteiger partial charge in [0, 0.05) is 43.2 Å². The van der Waals surface area contributed by atoms with Crippen LogP contribution in [-0.2, 0) is 11.3 Å². The number of esters is 1. The highest BCUT2D eigenvalue weighted by atomic mass is 16.5. The Labute approximate surface area is 227 Å². The van der Waals surface area contributed by atoms with Crippen LogP contribution in [-0.4, -0.2) is 55.0 Å². The minimum absolute atomic E-state index is 0.00143. The number of carbonyl (C=O) groups is 1. The highest BCUT2D eigenvalue weighted by molar-refractivity contribution is 5.96. The van der Waals surface area contributed by atoms with Crippen LogP contribution in [0.15, 0.2) is 67.1 Å². The molecule has 3 aliphatic rings. The Morgan fingerprint density at radius 2 is 1.92 bits per heavy atom. The minimum Gasteiger partial charge on any atom is -0.462 e. The van der Waals surface area contributed by atoms with Crippen LogP contribution in [0.4, 0.5) is 5.82 Å². The highest BCUT2D eigenvalue weighted by Crippen LogP contribution is 2.38. The van der Waals surface area contributed by atoms with Crippen LogP contribution in [0.2, 0.25) is 0 Å². The molecular formula is C30H32N6O3. The molecule has 9 nitrogen and oxygen atoms in total. The topological polar surface area (TPSA) is 97.8 Å². The molecule has 1 saturated carbocycles. The van der Waals surface area contributed by atoms with Crippen LogP contribution in [0.1, 0.15) is 54.6 Å². The maximum Gasteiger partial charge on any atom is 0.343 e. The van der Waals surface area contributed by atoms with Gasteiger partial charge < -0.3 is 19.3 Å². The third-order valence-corrected chi connectivity index (χ3v) is 7.53. The van der Waals surface area contributed by atoms with Gasteiger partial charge in [-0.15, -0.1) is 0 Å². The molecule has 1 unspecified atom stereocenters. The Hall–Kier alpha value is -4.24. The number of aliphatic hydroxyl groups is 1. The second-order valence-corrected chi connectivity index (χ2v) is 10.1. The summed E-state index contributed by atoms with van der Waals surface area (Å²) in [6.45, 7) is 2.69. The van der Waals surface area contributed by atoms with E-state index in [0.29, 0.717) is 23.4 Å². The number of anilines is 1. The first-order valence-electron chi connectivity index (χ1n) is 13.5. The van der Waals surface area contributed by atoms with Gasteiger partial charge in [0.05, 0.1) is 30.6 Å². The minimum atomic E-state index is -0.455. The number of aliphatic hydroxyl groups excluding tert-OH is 1. The van der Waals surface area contributed by atoms with Crippen molar-refractivity contribution in [1.29, 1.82) is 0 Å². The normalized spacial score (nSPS) is 17.5. The predicted molar refractivity (Wildman–Crippen MR) is 149 cm³/mol. The van der Waals surface area contributed by atoms with E-state index in [9.17, 15) is 9.90 Å². The van der Waals surface area contributed by atoms with Crippen LogP contribution in [0.3, 0.4) is 0 Å². The van der Waals surface area contributed by atoms with Gasteiger partial charge in [-0.05, 0) is 37.5 Å². The SMILES string of the molecule is CCOC(=O)c1cnn2c(N(C)Cc3ccccc3)cc(-c3cnc4n(C5CCCC[C@H]5O)cccc3-4)nc12. The zero-order valence-electron chi connectivity index (χ0n) is 22.2. The molecule has 39 heavy (non-hydrogen) atoms. The fraction of sp³-hybridized carbons (Fsp3) is 0.333. The van der Waals surface area contributed by atoms with Gasteiger partial charge in [-0.2, -0.15) is 9.61 Å². The Morgan fingerprint density at radius 3 is 2.72 bits per heavy atom. The second kappa shape index (κ2) is 10.5. The van der Waals surface area contributed by atoms with Gasteiger partial charge in [0.2, 0.25) is 0 Å². The molecule has 1 aliphatic carbocycles. The van der Waals surface area contributed by atoms with Crippen LogP contribution < -0.4 is 4.90 Å². The molecule has 1 fully saturated rings. The first-order chi connectivity index (χ1) is 19.0. The van der Waals surface area contributed by atoms with Crippen molar-refractivity contribution in [3.63, 3.8) is 0 Å². The molecule has 200 valence electrons. The lowest BCUT2D eigenvalue weighted by atomic mass is 9.92. The summed E-state index contributed by atoms with van der Waals surface area (Å²) in [4.78, 5) is 24.6. The molecule has 3 aromatic rings. The summed E-state index contributed by atoms with van der Waals surface area (Å²) in [5, 5.41) is 15.2. The fourth-order valence-corrected chi connectivity index (χ4v) is 5.59. The molecule has 9 heteroatoms. The average Bonchev–Trinajstić information content (AvgIpc) is 3.58. The maximum atomic E-state index is 12.8. The monoisotopic (exact) mass is 524 g/mol. The Balaban J connectivity index is 1.46. The van der Waals surface area contributed by atoms with Crippen molar-refractivity contribution in [3.05, 3.63) is 78.2 Å². The molecule has 0 amide bonds. The Morgan fingerprint density at radius 1 is 1.10 bits per heavy atom. The summed E-state index contributed by atoms with van der Waals surface area (Å²) in [5.74, 6) is 1.15. The van der Waals surface area contributed by atoms with Crippen molar-refractivity contribution in [2.45, 2.75) is 51.3 Å². The Kier molecular flexibility index (Phi) is 6.74. The van der Waals surface area contributed by atoms with Gasteiger partial charge in [-0.3, -0.25) is 0 Å². The number of benzene rings is 1. The van der Waals surface area contributed by atoms with Crippen molar-refractivity contribution in [1.82, 2.24) is 24.1 Å². The van der Waals surface area contributed by atoms with Crippen molar-refractivity contribution in [3.8, 4) is 22.6 Å². The van der Waals surface area contributed by atoms with E-state index in [-0.39, 0.29) is 18.8 Å². The fourth-order valence-electron chi connectivity index (χ4n) is 5.59. The average molecular weight is 525 g/mol. The third-order valence-electron chi connectivity index (χ3n) is 7.53. The van der Waals surface area contributed by atoms with Crippen molar-refractivity contribution < 1.29 is 14.6 Å². The summed E-state index contributed by atoms with van der Waals surface area (Å²) in [7, 11) is 2.00. The number of carbonyl (C=O) groups excluding carboxylic acids is 1. The van der Waals surface area contributed by atoms with Crippen molar-refractivity contribution >= 4 is 17.4 Å². The molecule has 1 aromatic carbocycles. The zero-order chi connectivity index (χ0) is 26.9. The predicted octanol–water partition coefficient (Wildman–Crippen LogP) is 4.99. The number of hydrogen-bond acceptors (Lipinski definition) is 7. The van der Waals surface area contributed by atoms with Crippen molar-refractivity contribution in [2.24, 2.45) is 0 Å². The van der Waals surface area contributed by atoms with Crippen LogP contribution in [0.25, 0.3) is 28.3 Å². The van der Waals surface area contributed by atoms with Gasteiger partial charge in [0.15, 0.2) is 5.65 Å². The van der Waals surface area contributed by atoms with Crippen LogP contribution in [0.5, 0.6) is 0 Å². The molecule has 2 aliphatic heterocycles. The highest BCUT2D eigenvalue weighted by Gasteiger charge is 2.29. The van der Waals surface area contributed by atoms with E-state index in [1.807, 2.05) is 55.8 Å². The van der Waals surface area contributed by atoms with Crippen molar-refractivity contribution in [2.75, 3.05) is 18.6 Å². The summed E-state index contributed by atoms with van der Waals surface area (Å²) in [6.07, 6.45) is 8.82. The van der Waals surface area contributed by atoms with Gasteiger partial charge in [-0.1, -0.05) is 43.2 Å². The summed E-state index contributed by atoms with van der Waals surface area (Å²) in [5.41, 5.74) is 4.39. The van der Waals surface area contributed by atoms with E-state index >= 15 is 0 Å². The van der Waals surface area contributed by atoms with Gasteiger partial charge in [0.25, 0.3) is 0 Å². The number of pyridine rings is 1. The van der Waals surface area contributed by atoms with Gasteiger partial charge in [0.1, 0.15) is 17.2 Å². The standard InChI is InChI=1S/C30H32N6O3/c1-3-39-30(38)23-18-32-36-27(34(2)19-20-10-5-4-6-11-20)16-24(33-29(23)36)22-17-31-28-21(22)12-9-15-35(28)25-13-7-8-14-26(25)37/h4-6,9-12,15-18,25-26,37H,3,7-8,13-14,19H2,1-2H3/t25?,26-/m1/s1. The number of ether oxygens (including phenoxy) is 1. The molecule has 4 heterocycles. The lowest BCUT2D eigenvalue weighted by molar-refractivity contribution is 0.0528. The summed E-state index contributed by atoms with van der Waals surface area (Å²) < 4.78 is 9.09. The van der Waals surface area contributed by atoms with E-state index < -0.39 is 5.97 Å². The molecule has 2 atom stereocenters. The van der Waals surface area contributed by atoms with E-state index in [0.717, 1.165) is 54.0 Å². The summed E-state index contributed by atoms with van der Waals surface area (Å²) in [6, 6.07) is 16.2. The molecule has 0 bridgehead atoms. The lowest BCUT2D eigenvalue weighted by Crippen LogP contribution is -2.28. The van der Waals surface area contributed by atoms with Gasteiger partial charge in [-0.25, -0.2) is 14.8 Å². The van der Waals surface area contributed by atoms with E-state index in [2.05, 4.69) is 26.7 Å². The van der Waals surface area contributed by atoms with E-state index in [1.165, 1.54) is 6.20 Å². The second-order valence-electron chi connectivity index (χ2n) is 10.1. The molecule has 0 radical (unpaired) electrons. The third kappa shape index (κ3) is 4.63. The van der Waals surface area contributed by atoms with Gasteiger partial charge >= 0.3 is 5.97 Å². The van der Waals surface area contributed by atoms with E-state index in [1.54, 1.807) is 11.4 Å². The number of aromatic nitrogens is 5. The quantitative estimate of drug-likeness (QED) is 0.300. The molecule has 0 spiro atoms. The number of rotatable bonds is 7. The number of hydrogen-bond donors (Lipinski definition) is 1. The number of nitrogens with zero attached hydrogens (tertiary/aromatic N) is 6. The Bertz CT molecular complexity index is 1580. The van der Waals surface area contributed by atoms with E-state index in [4.69, 9.17) is 14.7 Å². The first kappa shape index (κ1) is 25.1. The largest absolute Gasteiger partial charge is 0.462 e. The number of fused-ring (bicyclic) bond motifs is 2. The lowest BCUT2D eigenvalue weighted by Gasteiger charge is -2.31. The molecule has 2 aromatic heterocycles. The molecular weight excluding hydrogens is 492 g/mol. The summed E-state index contributed by atoms with van der Waals surface area (Å²) >= 11 is 0. The molecule has 6 rings (SSSR count). The van der Waals surface area contributed by atoms with Crippen LogP contribution >= 0.6 is 0 Å².